The number of rotatable bonds is 5. The summed E-state index contributed by atoms with van der Waals surface area (Å²) in [5.74, 6) is 0.711. The van der Waals surface area contributed by atoms with Crippen molar-refractivity contribution in [2.24, 2.45) is 0 Å². The molecule has 0 aliphatic carbocycles. The Balaban J connectivity index is 2.19. The summed E-state index contributed by atoms with van der Waals surface area (Å²) in [7, 11) is 0. The molecule has 1 N–H and O–H groups in total. The van der Waals surface area contributed by atoms with E-state index in [4.69, 9.17) is 0 Å². The molecular weight excluding hydrogens is 254 g/mol. The van der Waals surface area contributed by atoms with E-state index in [1.807, 2.05) is 13.1 Å². The highest BCUT2D eigenvalue weighted by atomic mass is 32.2. The summed E-state index contributed by atoms with van der Waals surface area (Å²) in [6.07, 6.45) is 2.95. The lowest BCUT2D eigenvalue weighted by molar-refractivity contribution is 0.925. The van der Waals surface area contributed by atoms with Crippen LogP contribution in [0, 0.1) is 13.8 Å². The molecule has 1 aromatic carbocycles. The van der Waals surface area contributed by atoms with E-state index in [9.17, 15) is 0 Å². The Morgan fingerprint density at radius 2 is 2.11 bits per heavy atom. The van der Waals surface area contributed by atoms with E-state index < -0.39 is 0 Å². The molecule has 100 valence electrons. The first kappa shape index (κ1) is 13.9. The summed E-state index contributed by atoms with van der Waals surface area (Å²) in [6.45, 7) is 7.17. The van der Waals surface area contributed by atoms with Crippen LogP contribution < -0.4 is 5.32 Å². The van der Waals surface area contributed by atoms with E-state index in [1.54, 1.807) is 11.8 Å². The zero-order valence-corrected chi connectivity index (χ0v) is 12.4. The lowest BCUT2D eigenvalue weighted by atomic mass is 10.2. The molecule has 0 spiro atoms. The molecule has 1 heterocycles. The highest BCUT2D eigenvalue weighted by Crippen LogP contribution is 2.29. The Hall–Kier alpha value is -1.55. The molecule has 0 saturated heterocycles. The number of nitrogens with one attached hydrogen (secondary N) is 1. The maximum atomic E-state index is 4.58. The van der Waals surface area contributed by atoms with Gasteiger partial charge < -0.3 is 5.32 Å². The van der Waals surface area contributed by atoms with E-state index in [0.29, 0.717) is 5.95 Å². The minimum Gasteiger partial charge on any atom is -0.354 e. The van der Waals surface area contributed by atoms with Gasteiger partial charge in [0.1, 0.15) is 5.03 Å². The maximum absolute atomic E-state index is 4.58. The first-order valence-electron chi connectivity index (χ1n) is 6.51. The summed E-state index contributed by atoms with van der Waals surface area (Å²) in [4.78, 5) is 10.1. The molecule has 0 saturated carbocycles. The Labute approximate surface area is 118 Å². The smallest absolute Gasteiger partial charge is 0.223 e. The monoisotopic (exact) mass is 273 g/mol. The summed E-state index contributed by atoms with van der Waals surface area (Å²) < 4.78 is 0. The van der Waals surface area contributed by atoms with Crippen molar-refractivity contribution in [3.63, 3.8) is 0 Å². The summed E-state index contributed by atoms with van der Waals surface area (Å²) in [5, 5.41) is 4.24. The van der Waals surface area contributed by atoms with Crippen molar-refractivity contribution in [3.8, 4) is 0 Å². The van der Waals surface area contributed by atoms with E-state index in [2.05, 4.69) is 53.4 Å². The number of aromatic nitrogens is 2. The average Bonchev–Trinajstić information content (AvgIpc) is 2.40. The molecule has 0 aliphatic heterocycles. The molecule has 0 bridgehead atoms. The standard InChI is InChI=1S/C15H19N3S/c1-4-8-16-15-17-10-12(3)14(18-15)19-13-7-5-6-11(2)9-13/h5-7,9-10H,4,8H2,1-3H3,(H,16,17,18). The van der Waals surface area contributed by atoms with Crippen molar-refractivity contribution in [2.45, 2.75) is 37.1 Å². The molecule has 1 aromatic heterocycles. The first-order valence-corrected chi connectivity index (χ1v) is 7.32. The first-order chi connectivity index (χ1) is 9.19. The van der Waals surface area contributed by atoms with Gasteiger partial charge in [0.15, 0.2) is 0 Å². The van der Waals surface area contributed by atoms with Crippen molar-refractivity contribution < 1.29 is 0 Å². The number of aryl methyl sites for hydroxylation is 2. The Bertz CT molecular complexity index is 555. The Kier molecular flexibility index (Phi) is 4.80. The Morgan fingerprint density at radius 3 is 2.84 bits per heavy atom. The molecule has 0 atom stereocenters. The summed E-state index contributed by atoms with van der Waals surface area (Å²) in [5.41, 5.74) is 2.37. The van der Waals surface area contributed by atoms with Crippen LogP contribution in [0.2, 0.25) is 0 Å². The van der Waals surface area contributed by atoms with Crippen LogP contribution in [-0.4, -0.2) is 16.5 Å². The van der Waals surface area contributed by atoms with Crippen LogP contribution in [-0.2, 0) is 0 Å². The van der Waals surface area contributed by atoms with Gasteiger partial charge in [0.25, 0.3) is 0 Å². The fourth-order valence-electron chi connectivity index (χ4n) is 1.64. The van der Waals surface area contributed by atoms with Gasteiger partial charge in [0.2, 0.25) is 5.95 Å². The number of nitrogens with zero attached hydrogens (tertiary/aromatic N) is 2. The fourth-order valence-corrected chi connectivity index (χ4v) is 2.60. The third-order valence-electron chi connectivity index (χ3n) is 2.66. The molecule has 0 amide bonds. The lowest BCUT2D eigenvalue weighted by Crippen LogP contribution is -2.05. The zero-order valence-electron chi connectivity index (χ0n) is 11.6. The number of benzene rings is 1. The fraction of sp³-hybridized carbons (Fsp3) is 0.333. The minimum absolute atomic E-state index is 0.711. The number of hydrogen-bond donors (Lipinski definition) is 1. The van der Waals surface area contributed by atoms with Crippen LogP contribution in [0.4, 0.5) is 5.95 Å². The lowest BCUT2D eigenvalue weighted by Gasteiger charge is -2.08. The van der Waals surface area contributed by atoms with Gasteiger partial charge in [-0.15, -0.1) is 0 Å². The van der Waals surface area contributed by atoms with E-state index in [-0.39, 0.29) is 0 Å². The minimum atomic E-state index is 0.711. The highest BCUT2D eigenvalue weighted by molar-refractivity contribution is 7.99. The van der Waals surface area contributed by atoms with Crippen LogP contribution in [0.3, 0.4) is 0 Å². The maximum Gasteiger partial charge on any atom is 0.223 e. The Morgan fingerprint density at radius 1 is 1.26 bits per heavy atom. The van der Waals surface area contributed by atoms with Crippen molar-refractivity contribution >= 4 is 17.7 Å². The molecule has 3 nitrogen and oxygen atoms in total. The normalized spacial score (nSPS) is 10.5. The predicted octanol–water partition coefficient (Wildman–Crippen LogP) is 4.07. The van der Waals surface area contributed by atoms with Gasteiger partial charge in [-0.2, -0.15) is 0 Å². The van der Waals surface area contributed by atoms with Crippen molar-refractivity contribution in [3.05, 3.63) is 41.6 Å². The van der Waals surface area contributed by atoms with Gasteiger partial charge in [0.05, 0.1) is 0 Å². The molecule has 2 rings (SSSR count). The third kappa shape index (κ3) is 3.96. The SMILES string of the molecule is CCCNc1ncc(C)c(Sc2cccc(C)c2)n1. The van der Waals surface area contributed by atoms with Gasteiger partial charge in [0, 0.05) is 23.2 Å². The van der Waals surface area contributed by atoms with Crippen LogP contribution in [0.5, 0.6) is 0 Å². The molecule has 0 unspecified atom stereocenters. The van der Waals surface area contributed by atoms with E-state index >= 15 is 0 Å². The molecule has 0 aliphatic rings. The second kappa shape index (κ2) is 6.57. The highest BCUT2D eigenvalue weighted by Gasteiger charge is 2.06. The van der Waals surface area contributed by atoms with Crippen molar-refractivity contribution in [1.82, 2.24) is 9.97 Å². The average molecular weight is 273 g/mol. The summed E-state index contributed by atoms with van der Waals surface area (Å²) >= 11 is 1.68. The van der Waals surface area contributed by atoms with Crippen LogP contribution >= 0.6 is 11.8 Å². The van der Waals surface area contributed by atoms with E-state index in [0.717, 1.165) is 23.6 Å². The van der Waals surface area contributed by atoms with Crippen LogP contribution in [0.15, 0.2) is 40.4 Å². The van der Waals surface area contributed by atoms with Gasteiger partial charge in [-0.1, -0.05) is 36.4 Å². The quantitative estimate of drug-likeness (QED) is 0.833. The molecular formula is C15H19N3S. The number of hydrogen-bond acceptors (Lipinski definition) is 4. The molecule has 19 heavy (non-hydrogen) atoms. The molecule has 4 heteroatoms. The van der Waals surface area contributed by atoms with Crippen molar-refractivity contribution in [1.29, 1.82) is 0 Å². The second-order valence-corrected chi connectivity index (χ2v) is 5.59. The van der Waals surface area contributed by atoms with Crippen molar-refractivity contribution in [2.75, 3.05) is 11.9 Å². The summed E-state index contributed by atoms with van der Waals surface area (Å²) in [6, 6.07) is 8.46. The van der Waals surface area contributed by atoms with E-state index in [1.165, 1.54) is 10.5 Å². The zero-order chi connectivity index (χ0) is 13.7. The second-order valence-electron chi connectivity index (χ2n) is 4.53. The van der Waals surface area contributed by atoms with Gasteiger partial charge in [-0.05, 0) is 32.4 Å². The van der Waals surface area contributed by atoms with Crippen LogP contribution in [0.25, 0.3) is 0 Å². The molecule has 0 fully saturated rings. The molecule has 2 aromatic rings. The third-order valence-corrected chi connectivity index (χ3v) is 3.76. The largest absolute Gasteiger partial charge is 0.354 e. The predicted molar refractivity (Wildman–Crippen MR) is 80.9 cm³/mol. The van der Waals surface area contributed by atoms with Crippen LogP contribution in [0.1, 0.15) is 24.5 Å². The molecule has 0 radical (unpaired) electrons. The van der Waals surface area contributed by atoms with Gasteiger partial charge in [-0.3, -0.25) is 0 Å². The number of anilines is 1. The van der Waals surface area contributed by atoms with Gasteiger partial charge >= 0.3 is 0 Å². The van der Waals surface area contributed by atoms with Gasteiger partial charge in [-0.25, -0.2) is 9.97 Å². The topological polar surface area (TPSA) is 37.8 Å².